The summed E-state index contributed by atoms with van der Waals surface area (Å²) < 4.78 is 51.9. The fourth-order valence-corrected chi connectivity index (χ4v) is 3.93. The molecule has 7 nitrogen and oxygen atoms in total. The Balaban J connectivity index is 1.62. The van der Waals surface area contributed by atoms with Crippen molar-refractivity contribution in [3.63, 3.8) is 0 Å². The Morgan fingerprint density at radius 2 is 2.15 bits per heavy atom. The molecule has 33 heavy (non-hydrogen) atoms. The zero-order valence-corrected chi connectivity index (χ0v) is 18.4. The van der Waals surface area contributed by atoms with Crippen LogP contribution in [0.5, 0.6) is 5.75 Å². The van der Waals surface area contributed by atoms with Gasteiger partial charge in [-0.1, -0.05) is 13.0 Å². The van der Waals surface area contributed by atoms with Crippen LogP contribution in [0.1, 0.15) is 54.5 Å². The van der Waals surface area contributed by atoms with Crippen LogP contribution < -0.4 is 10.1 Å². The number of nitrogens with zero attached hydrogens (tertiary/aromatic N) is 3. The summed E-state index contributed by atoms with van der Waals surface area (Å²) in [6.45, 7) is 5.74. The zero-order valence-electron chi connectivity index (χ0n) is 18.4. The normalized spacial score (nSPS) is 17.7. The molecular weight excluding hydrogens is 437 g/mol. The number of alkyl halides is 3. The van der Waals surface area contributed by atoms with Crippen LogP contribution in [0.15, 0.2) is 36.7 Å². The number of carbonyl (C=O) groups is 1. The molecular formula is C23H25F3N4O3. The number of imidazole rings is 1. The van der Waals surface area contributed by atoms with E-state index in [0.29, 0.717) is 36.2 Å². The van der Waals surface area contributed by atoms with E-state index in [1.807, 2.05) is 6.20 Å². The third-order valence-electron chi connectivity index (χ3n) is 5.76. The Labute approximate surface area is 188 Å². The maximum atomic E-state index is 13.0. The first-order chi connectivity index (χ1) is 15.8. The monoisotopic (exact) mass is 462 g/mol. The molecule has 0 aromatic carbocycles. The number of carbonyl (C=O) groups excluding carboxylic acids is 1. The molecule has 3 aromatic heterocycles. The van der Waals surface area contributed by atoms with Crippen LogP contribution in [-0.4, -0.2) is 40.1 Å². The highest BCUT2D eigenvalue weighted by Crippen LogP contribution is 2.33. The van der Waals surface area contributed by atoms with E-state index in [4.69, 9.17) is 14.5 Å². The molecule has 1 unspecified atom stereocenters. The second-order valence-corrected chi connectivity index (χ2v) is 8.04. The summed E-state index contributed by atoms with van der Waals surface area (Å²) in [5.74, 6) is 0.167. The van der Waals surface area contributed by atoms with Crippen LogP contribution >= 0.6 is 0 Å². The molecule has 1 aliphatic heterocycles. The smallest absolute Gasteiger partial charge is 0.433 e. The maximum absolute atomic E-state index is 13.0. The topological polar surface area (TPSA) is 77.8 Å². The number of amides is 1. The van der Waals surface area contributed by atoms with E-state index < -0.39 is 17.8 Å². The Hall–Kier alpha value is -3.14. The second kappa shape index (κ2) is 9.38. The van der Waals surface area contributed by atoms with Crippen LogP contribution in [0.4, 0.5) is 18.9 Å². The molecule has 1 amide bonds. The molecule has 10 heteroatoms. The first-order valence-corrected chi connectivity index (χ1v) is 10.8. The lowest BCUT2D eigenvalue weighted by molar-refractivity contribution is -0.141. The van der Waals surface area contributed by atoms with Crippen LogP contribution in [0.3, 0.4) is 0 Å². The number of rotatable bonds is 6. The first-order valence-electron chi connectivity index (χ1n) is 10.8. The number of pyridine rings is 2. The molecule has 0 bridgehead atoms. The van der Waals surface area contributed by atoms with E-state index in [2.05, 4.69) is 17.2 Å². The van der Waals surface area contributed by atoms with Gasteiger partial charge in [0.2, 0.25) is 0 Å². The molecule has 0 aliphatic carbocycles. The van der Waals surface area contributed by atoms with Gasteiger partial charge in [0.1, 0.15) is 28.5 Å². The predicted octanol–water partition coefficient (Wildman–Crippen LogP) is 4.93. The summed E-state index contributed by atoms with van der Waals surface area (Å²) in [5.41, 5.74) is 0.384. The number of aromatic nitrogens is 3. The average Bonchev–Trinajstić information content (AvgIpc) is 3.22. The number of hydrogen-bond donors (Lipinski definition) is 1. The second-order valence-electron chi connectivity index (χ2n) is 8.04. The third-order valence-corrected chi connectivity index (χ3v) is 5.76. The molecule has 176 valence electrons. The fourth-order valence-electron chi connectivity index (χ4n) is 3.93. The first kappa shape index (κ1) is 23.0. The molecule has 4 rings (SSSR count). The Kier molecular flexibility index (Phi) is 6.55. The standard InChI is InChI=1S/C23H25F3N4O3/c1-3-33-19-10-21-28-17(14(2)15-6-5-9-32-13-15)11-30(21)12-18(19)29-22(31)16-7-4-8-20(27-16)23(24,25)26/h4,7-8,10-12,14-15H,3,5-6,9,13H2,1-2H3,(H,29,31)/t14-,15?/m1/s1. The number of nitrogens with one attached hydrogen (secondary N) is 1. The van der Waals surface area contributed by atoms with E-state index in [1.54, 1.807) is 23.6 Å². The van der Waals surface area contributed by atoms with Gasteiger partial charge in [-0.05, 0) is 37.8 Å². The van der Waals surface area contributed by atoms with Gasteiger partial charge in [0.25, 0.3) is 5.91 Å². The van der Waals surface area contributed by atoms with Crippen molar-refractivity contribution < 1.29 is 27.4 Å². The van der Waals surface area contributed by atoms with E-state index in [1.165, 1.54) is 6.07 Å². The van der Waals surface area contributed by atoms with Crippen molar-refractivity contribution in [3.05, 3.63) is 53.7 Å². The molecule has 0 saturated carbocycles. The molecule has 1 aliphatic rings. The van der Waals surface area contributed by atoms with Crippen molar-refractivity contribution in [3.8, 4) is 5.75 Å². The highest BCUT2D eigenvalue weighted by Gasteiger charge is 2.33. The van der Waals surface area contributed by atoms with Crippen molar-refractivity contribution >= 4 is 17.2 Å². The Bertz CT molecular complexity index is 1140. The molecule has 2 atom stereocenters. The van der Waals surface area contributed by atoms with Crippen molar-refractivity contribution in [2.24, 2.45) is 5.92 Å². The summed E-state index contributed by atoms with van der Waals surface area (Å²) in [6, 6.07) is 4.90. The minimum absolute atomic E-state index is 0.188. The van der Waals surface area contributed by atoms with Crippen molar-refractivity contribution in [1.82, 2.24) is 14.4 Å². The van der Waals surface area contributed by atoms with E-state index in [-0.39, 0.29) is 11.6 Å². The Morgan fingerprint density at radius 3 is 2.85 bits per heavy atom. The van der Waals surface area contributed by atoms with Gasteiger partial charge in [0.05, 0.1) is 18.9 Å². The van der Waals surface area contributed by atoms with Gasteiger partial charge in [0.15, 0.2) is 0 Å². The fraction of sp³-hybridized carbons (Fsp3) is 0.435. The van der Waals surface area contributed by atoms with Gasteiger partial charge in [-0.2, -0.15) is 13.2 Å². The largest absolute Gasteiger partial charge is 0.491 e. The summed E-state index contributed by atoms with van der Waals surface area (Å²) in [6.07, 6.45) is 0.995. The number of ether oxygens (including phenoxy) is 2. The molecule has 1 N–H and O–H groups in total. The number of hydrogen-bond acceptors (Lipinski definition) is 5. The van der Waals surface area contributed by atoms with E-state index in [0.717, 1.165) is 37.3 Å². The Morgan fingerprint density at radius 1 is 1.33 bits per heavy atom. The van der Waals surface area contributed by atoms with E-state index in [9.17, 15) is 18.0 Å². The van der Waals surface area contributed by atoms with Gasteiger partial charge in [0, 0.05) is 31.0 Å². The maximum Gasteiger partial charge on any atom is 0.433 e. The summed E-state index contributed by atoms with van der Waals surface area (Å²) in [7, 11) is 0. The van der Waals surface area contributed by atoms with Crippen LogP contribution in [0.25, 0.3) is 5.65 Å². The van der Waals surface area contributed by atoms with Gasteiger partial charge < -0.3 is 19.2 Å². The molecule has 1 fully saturated rings. The van der Waals surface area contributed by atoms with Crippen molar-refractivity contribution in [2.75, 3.05) is 25.1 Å². The minimum atomic E-state index is -4.64. The molecule has 4 heterocycles. The number of halogens is 3. The third kappa shape index (κ3) is 5.11. The predicted molar refractivity (Wildman–Crippen MR) is 116 cm³/mol. The molecule has 0 radical (unpaired) electrons. The lowest BCUT2D eigenvalue weighted by Gasteiger charge is -2.26. The van der Waals surface area contributed by atoms with Gasteiger partial charge in [-0.3, -0.25) is 4.79 Å². The number of fused-ring (bicyclic) bond motifs is 1. The van der Waals surface area contributed by atoms with Crippen molar-refractivity contribution in [1.29, 1.82) is 0 Å². The highest BCUT2D eigenvalue weighted by atomic mass is 19.4. The summed E-state index contributed by atoms with van der Waals surface area (Å²) in [5, 5.41) is 2.62. The quantitative estimate of drug-likeness (QED) is 0.562. The van der Waals surface area contributed by atoms with Gasteiger partial charge in [-0.25, -0.2) is 9.97 Å². The lowest BCUT2D eigenvalue weighted by Crippen LogP contribution is -2.22. The molecule has 3 aromatic rings. The van der Waals surface area contributed by atoms with Crippen LogP contribution in [-0.2, 0) is 10.9 Å². The van der Waals surface area contributed by atoms with Crippen LogP contribution in [0, 0.1) is 5.92 Å². The average molecular weight is 462 g/mol. The SMILES string of the molecule is CCOc1cc2nc([C@H](C)C3CCCOC3)cn2cc1NC(=O)c1cccc(C(F)(F)F)n1. The highest BCUT2D eigenvalue weighted by molar-refractivity contribution is 6.03. The van der Waals surface area contributed by atoms with Crippen molar-refractivity contribution in [2.45, 2.75) is 38.8 Å². The van der Waals surface area contributed by atoms with E-state index >= 15 is 0 Å². The molecule has 0 spiro atoms. The minimum Gasteiger partial charge on any atom is -0.491 e. The van der Waals surface area contributed by atoms with Gasteiger partial charge >= 0.3 is 6.18 Å². The molecule has 1 saturated heterocycles. The lowest BCUT2D eigenvalue weighted by atomic mass is 9.87. The summed E-state index contributed by atoms with van der Waals surface area (Å²) in [4.78, 5) is 20.8. The van der Waals surface area contributed by atoms with Gasteiger partial charge in [-0.15, -0.1) is 0 Å². The summed E-state index contributed by atoms with van der Waals surface area (Å²) >= 11 is 0. The number of anilines is 1. The zero-order chi connectivity index (χ0) is 23.6. The van der Waals surface area contributed by atoms with Crippen LogP contribution in [0.2, 0.25) is 0 Å².